The highest BCUT2D eigenvalue weighted by molar-refractivity contribution is 5.95. The van der Waals surface area contributed by atoms with Crippen molar-refractivity contribution in [2.45, 2.75) is 63.4 Å². The summed E-state index contributed by atoms with van der Waals surface area (Å²) in [5.74, 6) is -0.984. The molecule has 7 rings (SSSR count). The van der Waals surface area contributed by atoms with E-state index in [0.29, 0.717) is 31.6 Å². The monoisotopic (exact) mass is 476 g/mol. The van der Waals surface area contributed by atoms with Crippen LogP contribution in [0.1, 0.15) is 68.4 Å². The maximum Gasteiger partial charge on any atom is 0.230 e. The zero-order chi connectivity index (χ0) is 24.2. The molecule has 2 N–H and O–H groups in total. The highest BCUT2D eigenvalue weighted by atomic mass is 19.1. The van der Waals surface area contributed by atoms with Gasteiger partial charge < -0.3 is 10.4 Å². The van der Waals surface area contributed by atoms with Gasteiger partial charge in [-0.25, -0.2) is 8.78 Å². The summed E-state index contributed by atoms with van der Waals surface area (Å²) in [6.45, 7) is 0. The Morgan fingerprint density at radius 1 is 1.09 bits per heavy atom. The summed E-state index contributed by atoms with van der Waals surface area (Å²) in [4.78, 5) is 17.6. The fourth-order valence-corrected chi connectivity index (χ4v) is 7.16. The Morgan fingerprint density at radius 2 is 1.83 bits per heavy atom. The standard InChI is InChI=1S/C29H30F2N2O2/c30-18-5-6-25(24(31)15-18)33-27(35)29-11-8-28(9-12-29,10-13-29)26(34)16-22-19-3-1-2-4-20(19)23-17-32-14-7-21(22)23/h1-6,14-15,17,21-22,26,34H,7-13,16H2,(H,33,35). The predicted molar refractivity (Wildman–Crippen MR) is 132 cm³/mol. The van der Waals surface area contributed by atoms with Gasteiger partial charge in [0.25, 0.3) is 0 Å². The number of aliphatic hydroxyl groups excluding tert-OH is 1. The molecule has 3 fully saturated rings. The summed E-state index contributed by atoms with van der Waals surface area (Å²) in [5, 5.41) is 14.3. The first kappa shape index (κ1) is 22.6. The van der Waals surface area contributed by atoms with Crippen LogP contribution < -0.4 is 5.32 Å². The number of nitrogens with zero attached hydrogens (tertiary/aromatic N) is 1. The summed E-state index contributed by atoms with van der Waals surface area (Å²) in [5.41, 5.74) is 3.17. The molecule has 0 spiro atoms. The maximum absolute atomic E-state index is 14.1. The SMILES string of the molecule is O=C(Nc1ccc(F)cc1F)C12CCC(C(O)CC3c4ccccc4C4=CN=CCC43)(CC1)CC2. The fourth-order valence-electron chi connectivity index (χ4n) is 7.16. The van der Waals surface area contributed by atoms with Crippen LogP contribution in [0.25, 0.3) is 5.57 Å². The van der Waals surface area contributed by atoms with Crippen LogP contribution >= 0.6 is 0 Å². The Labute approximate surface area is 204 Å². The number of rotatable bonds is 5. The Balaban J connectivity index is 1.16. The second-order valence-corrected chi connectivity index (χ2v) is 10.9. The summed E-state index contributed by atoms with van der Waals surface area (Å²) >= 11 is 0. The van der Waals surface area contributed by atoms with Gasteiger partial charge in [-0.1, -0.05) is 24.3 Å². The molecule has 2 aromatic rings. The second kappa shape index (κ2) is 8.37. The van der Waals surface area contributed by atoms with Crippen LogP contribution in [-0.4, -0.2) is 23.3 Å². The molecule has 182 valence electrons. The molecular weight excluding hydrogens is 446 g/mol. The number of anilines is 1. The number of allylic oxidation sites excluding steroid dienone is 1. The molecule has 4 nitrogen and oxygen atoms in total. The smallest absolute Gasteiger partial charge is 0.230 e. The summed E-state index contributed by atoms with van der Waals surface area (Å²) in [6, 6.07) is 11.7. The first-order valence-corrected chi connectivity index (χ1v) is 12.7. The average Bonchev–Trinajstić information content (AvgIpc) is 3.20. The van der Waals surface area contributed by atoms with Crippen molar-refractivity contribution in [3.05, 3.63) is 71.4 Å². The molecule has 35 heavy (non-hydrogen) atoms. The molecule has 0 saturated heterocycles. The molecule has 3 atom stereocenters. The van der Waals surface area contributed by atoms with E-state index >= 15 is 0 Å². The van der Waals surface area contributed by atoms with Gasteiger partial charge in [-0.15, -0.1) is 0 Å². The maximum atomic E-state index is 14.1. The van der Waals surface area contributed by atoms with Crippen LogP contribution in [0.3, 0.4) is 0 Å². The van der Waals surface area contributed by atoms with Crippen molar-refractivity contribution in [2.24, 2.45) is 21.7 Å². The van der Waals surface area contributed by atoms with E-state index in [1.54, 1.807) is 0 Å². The van der Waals surface area contributed by atoms with Crippen molar-refractivity contribution in [1.29, 1.82) is 0 Å². The largest absolute Gasteiger partial charge is 0.393 e. The molecule has 1 heterocycles. The zero-order valence-electron chi connectivity index (χ0n) is 19.6. The van der Waals surface area contributed by atoms with Crippen molar-refractivity contribution in [2.75, 3.05) is 5.32 Å². The number of halogens is 2. The topological polar surface area (TPSA) is 61.7 Å². The number of fused-ring (bicyclic) bond motifs is 6. The minimum absolute atomic E-state index is 0.0213. The first-order chi connectivity index (χ1) is 16.9. The molecule has 2 aromatic carbocycles. The van der Waals surface area contributed by atoms with Crippen molar-refractivity contribution in [1.82, 2.24) is 0 Å². The van der Waals surface area contributed by atoms with Gasteiger partial charge in [0, 0.05) is 23.9 Å². The number of aliphatic imine (C=N–C) groups is 1. The Hall–Kier alpha value is -2.86. The Morgan fingerprint density at radius 3 is 2.57 bits per heavy atom. The lowest BCUT2D eigenvalue weighted by molar-refractivity contribution is -0.142. The number of carbonyl (C=O) groups excluding carboxylic acids is 1. The van der Waals surface area contributed by atoms with Crippen molar-refractivity contribution >= 4 is 23.4 Å². The van der Waals surface area contributed by atoms with Gasteiger partial charge in [0.15, 0.2) is 0 Å². The van der Waals surface area contributed by atoms with E-state index in [-0.39, 0.29) is 22.9 Å². The van der Waals surface area contributed by atoms with Gasteiger partial charge in [0.2, 0.25) is 5.91 Å². The highest BCUT2D eigenvalue weighted by Crippen LogP contribution is 2.60. The van der Waals surface area contributed by atoms with E-state index < -0.39 is 23.2 Å². The number of benzene rings is 2. The van der Waals surface area contributed by atoms with E-state index in [2.05, 4.69) is 34.6 Å². The number of aliphatic hydroxyl groups is 1. The van der Waals surface area contributed by atoms with E-state index in [1.165, 1.54) is 22.8 Å². The number of hydrogen-bond donors (Lipinski definition) is 2. The lowest BCUT2D eigenvalue weighted by atomic mass is 9.51. The lowest BCUT2D eigenvalue weighted by Crippen LogP contribution is -2.52. The van der Waals surface area contributed by atoms with E-state index in [4.69, 9.17) is 0 Å². The van der Waals surface area contributed by atoms with Gasteiger partial charge in [0.05, 0.1) is 11.8 Å². The van der Waals surface area contributed by atoms with Crippen LogP contribution in [0.2, 0.25) is 0 Å². The molecular formula is C29H30F2N2O2. The lowest BCUT2D eigenvalue weighted by Gasteiger charge is -2.54. The van der Waals surface area contributed by atoms with E-state index in [0.717, 1.165) is 37.8 Å². The molecule has 3 unspecified atom stereocenters. The van der Waals surface area contributed by atoms with E-state index in [1.807, 2.05) is 12.4 Å². The van der Waals surface area contributed by atoms with Gasteiger partial charge in [-0.05, 0) is 97.5 Å². The van der Waals surface area contributed by atoms with Crippen LogP contribution in [0.4, 0.5) is 14.5 Å². The average molecular weight is 477 g/mol. The van der Waals surface area contributed by atoms with Gasteiger partial charge >= 0.3 is 0 Å². The molecule has 2 bridgehead atoms. The van der Waals surface area contributed by atoms with Crippen molar-refractivity contribution in [3.63, 3.8) is 0 Å². The van der Waals surface area contributed by atoms with Crippen LogP contribution in [0.5, 0.6) is 0 Å². The van der Waals surface area contributed by atoms with Crippen LogP contribution in [0.15, 0.2) is 53.7 Å². The van der Waals surface area contributed by atoms with Crippen molar-refractivity contribution in [3.8, 4) is 0 Å². The van der Waals surface area contributed by atoms with Crippen molar-refractivity contribution < 1.29 is 18.7 Å². The number of nitrogens with one attached hydrogen (secondary N) is 1. The fraction of sp³-hybridized carbons (Fsp3) is 0.448. The summed E-state index contributed by atoms with van der Waals surface area (Å²) in [6.07, 6.45) is 9.55. The molecule has 3 saturated carbocycles. The molecule has 0 radical (unpaired) electrons. The Bertz CT molecular complexity index is 1210. The third-order valence-electron chi connectivity index (χ3n) is 9.38. The molecule has 5 aliphatic rings. The minimum Gasteiger partial charge on any atom is -0.393 e. The molecule has 6 heteroatoms. The third-order valence-corrected chi connectivity index (χ3v) is 9.38. The molecule has 1 aliphatic heterocycles. The quantitative estimate of drug-likeness (QED) is 0.538. The normalized spacial score (nSPS) is 31.5. The van der Waals surface area contributed by atoms with E-state index in [9.17, 15) is 18.7 Å². The van der Waals surface area contributed by atoms with Gasteiger partial charge in [-0.3, -0.25) is 9.79 Å². The first-order valence-electron chi connectivity index (χ1n) is 12.7. The zero-order valence-corrected chi connectivity index (χ0v) is 19.6. The predicted octanol–water partition coefficient (Wildman–Crippen LogP) is 6.22. The molecule has 0 aromatic heterocycles. The van der Waals surface area contributed by atoms with Gasteiger partial charge in [-0.2, -0.15) is 0 Å². The minimum atomic E-state index is -0.760. The number of hydrogen-bond acceptors (Lipinski definition) is 3. The Kier molecular flexibility index (Phi) is 5.40. The summed E-state index contributed by atoms with van der Waals surface area (Å²) < 4.78 is 27.3. The van der Waals surface area contributed by atoms with Crippen LogP contribution in [-0.2, 0) is 4.79 Å². The highest BCUT2D eigenvalue weighted by Gasteiger charge is 2.55. The number of carbonyl (C=O) groups is 1. The second-order valence-electron chi connectivity index (χ2n) is 10.9. The molecule has 4 aliphatic carbocycles. The van der Waals surface area contributed by atoms with Gasteiger partial charge in [0.1, 0.15) is 11.6 Å². The number of amides is 1. The summed E-state index contributed by atoms with van der Waals surface area (Å²) in [7, 11) is 0. The third kappa shape index (κ3) is 3.65. The van der Waals surface area contributed by atoms with Crippen LogP contribution in [0, 0.1) is 28.4 Å². The molecule has 1 amide bonds.